The summed E-state index contributed by atoms with van der Waals surface area (Å²) < 4.78 is 0. The zero-order valence-corrected chi connectivity index (χ0v) is 14.6. The molecule has 3 unspecified atom stereocenters. The lowest BCUT2D eigenvalue weighted by molar-refractivity contribution is -0.131. The zero-order valence-electron chi connectivity index (χ0n) is 13.0. The van der Waals surface area contributed by atoms with Crippen LogP contribution in [0.1, 0.15) is 36.2 Å². The predicted octanol–water partition coefficient (Wildman–Crippen LogP) is 3.26. The molecule has 2 aliphatic heterocycles. The van der Waals surface area contributed by atoms with Crippen LogP contribution in [0.3, 0.4) is 0 Å². The largest absolute Gasteiger partial charge is 0.320 e. The Kier molecular flexibility index (Phi) is 4.62. The van der Waals surface area contributed by atoms with Crippen molar-refractivity contribution < 1.29 is 4.79 Å². The number of carbonyl (C=O) groups is 1. The van der Waals surface area contributed by atoms with E-state index in [1.165, 1.54) is 27.7 Å². The number of nitrogens with one attached hydrogen (secondary N) is 1. The smallest absolute Gasteiger partial charge is 0.241 e. The van der Waals surface area contributed by atoms with Gasteiger partial charge in [-0.25, -0.2) is 0 Å². The first-order chi connectivity index (χ1) is 10.1. The molecule has 0 bridgehead atoms. The van der Waals surface area contributed by atoms with Crippen molar-refractivity contribution >= 4 is 29.0 Å². The molecule has 21 heavy (non-hydrogen) atoms. The Balaban J connectivity index is 1.82. The van der Waals surface area contributed by atoms with Crippen LogP contribution < -0.4 is 5.32 Å². The summed E-state index contributed by atoms with van der Waals surface area (Å²) in [6.45, 7) is 7.29. The van der Waals surface area contributed by atoms with Gasteiger partial charge in [-0.2, -0.15) is 11.8 Å². The maximum absolute atomic E-state index is 12.8. The lowest BCUT2D eigenvalue weighted by Gasteiger charge is -2.26. The Morgan fingerprint density at radius 2 is 2.24 bits per heavy atom. The van der Waals surface area contributed by atoms with E-state index >= 15 is 0 Å². The lowest BCUT2D eigenvalue weighted by Crippen LogP contribution is -2.36. The van der Waals surface area contributed by atoms with Crippen molar-refractivity contribution in [1.29, 1.82) is 0 Å². The molecule has 0 aromatic carbocycles. The van der Waals surface area contributed by atoms with Gasteiger partial charge in [-0.3, -0.25) is 10.1 Å². The van der Waals surface area contributed by atoms with Crippen LogP contribution in [0, 0.1) is 18.8 Å². The van der Waals surface area contributed by atoms with Crippen molar-refractivity contribution in [2.24, 2.45) is 11.8 Å². The molecule has 2 fully saturated rings. The van der Waals surface area contributed by atoms with Crippen LogP contribution in [0.2, 0.25) is 0 Å². The third-order valence-corrected chi connectivity index (χ3v) is 6.66. The van der Waals surface area contributed by atoms with Crippen molar-refractivity contribution in [3.05, 3.63) is 21.9 Å². The molecular weight excluding hydrogens is 300 g/mol. The minimum absolute atomic E-state index is 0.0357. The van der Waals surface area contributed by atoms with E-state index in [0.717, 1.165) is 6.54 Å². The van der Waals surface area contributed by atoms with Gasteiger partial charge in [0.15, 0.2) is 0 Å². The topological polar surface area (TPSA) is 32.3 Å². The van der Waals surface area contributed by atoms with E-state index in [1.807, 2.05) is 11.8 Å². The molecule has 0 saturated carbocycles. The van der Waals surface area contributed by atoms with E-state index in [1.54, 1.807) is 11.3 Å². The summed E-state index contributed by atoms with van der Waals surface area (Å²) in [6, 6.07) is 4.29. The minimum Gasteiger partial charge on any atom is -0.320 e. The molecule has 3 nitrogen and oxygen atoms in total. The van der Waals surface area contributed by atoms with E-state index in [2.05, 4.69) is 43.1 Å². The number of nitrogens with zero attached hydrogens (tertiary/aromatic N) is 1. The molecule has 0 aliphatic carbocycles. The van der Waals surface area contributed by atoms with Gasteiger partial charge in [0.1, 0.15) is 6.17 Å². The van der Waals surface area contributed by atoms with Crippen LogP contribution in [0.15, 0.2) is 12.1 Å². The average molecular weight is 325 g/mol. The van der Waals surface area contributed by atoms with Crippen molar-refractivity contribution in [1.82, 2.24) is 10.2 Å². The first-order valence-corrected chi connectivity index (χ1v) is 9.74. The van der Waals surface area contributed by atoms with Crippen LogP contribution in [0.5, 0.6) is 0 Å². The summed E-state index contributed by atoms with van der Waals surface area (Å²) in [5, 5.41) is 3.57. The quantitative estimate of drug-likeness (QED) is 0.922. The van der Waals surface area contributed by atoms with Gasteiger partial charge < -0.3 is 4.90 Å². The number of hydrogen-bond donors (Lipinski definition) is 1. The highest BCUT2D eigenvalue weighted by Gasteiger charge is 2.42. The van der Waals surface area contributed by atoms with Crippen LogP contribution in [0.4, 0.5) is 0 Å². The van der Waals surface area contributed by atoms with Gasteiger partial charge in [0.25, 0.3) is 0 Å². The average Bonchev–Trinajstić information content (AvgIpc) is 3.13. The molecule has 1 N–H and O–H groups in total. The SMILES string of the molecule is Cc1ccc(C2NC(C(C)C)C(=O)N2CC2CCSC2)s1. The molecule has 5 heteroatoms. The fourth-order valence-corrected chi connectivity index (χ4v) is 5.37. The van der Waals surface area contributed by atoms with E-state index < -0.39 is 0 Å². The molecule has 3 heterocycles. The Bertz CT molecular complexity index is 508. The van der Waals surface area contributed by atoms with E-state index in [4.69, 9.17) is 0 Å². The van der Waals surface area contributed by atoms with Gasteiger partial charge in [-0.15, -0.1) is 11.3 Å². The molecule has 2 aliphatic rings. The Morgan fingerprint density at radius 1 is 1.43 bits per heavy atom. The molecule has 1 aromatic rings. The molecule has 0 radical (unpaired) electrons. The standard InChI is InChI=1S/C16H24N2OS2/c1-10(2)14-16(19)18(8-12-6-7-20-9-12)15(17-14)13-5-4-11(3)21-13/h4-5,10,12,14-15,17H,6-9H2,1-3H3. The first-order valence-electron chi connectivity index (χ1n) is 7.77. The van der Waals surface area contributed by atoms with Gasteiger partial charge in [0, 0.05) is 16.3 Å². The number of hydrogen-bond acceptors (Lipinski definition) is 4. The number of thiophene rings is 1. The van der Waals surface area contributed by atoms with Crippen LogP contribution in [-0.2, 0) is 4.79 Å². The normalized spacial score (nSPS) is 29.8. The summed E-state index contributed by atoms with van der Waals surface area (Å²) in [6.07, 6.45) is 1.32. The number of rotatable bonds is 4. The summed E-state index contributed by atoms with van der Waals surface area (Å²) in [4.78, 5) is 17.5. The molecule has 2 saturated heterocycles. The van der Waals surface area contributed by atoms with Gasteiger partial charge in [0.2, 0.25) is 5.91 Å². The van der Waals surface area contributed by atoms with E-state index in [-0.39, 0.29) is 18.1 Å². The third kappa shape index (κ3) is 3.15. The maximum atomic E-state index is 12.8. The van der Waals surface area contributed by atoms with Crippen molar-refractivity contribution in [2.45, 2.75) is 39.4 Å². The van der Waals surface area contributed by atoms with Crippen molar-refractivity contribution in [3.63, 3.8) is 0 Å². The molecule has 0 spiro atoms. The van der Waals surface area contributed by atoms with Gasteiger partial charge in [-0.05, 0) is 48.8 Å². The second-order valence-corrected chi connectivity index (χ2v) is 8.93. The summed E-state index contributed by atoms with van der Waals surface area (Å²) in [5.41, 5.74) is 0. The summed E-state index contributed by atoms with van der Waals surface area (Å²) in [7, 11) is 0. The highest BCUT2D eigenvalue weighted by Crippen LogP contribution is 2.34. The van der Waals surface area contributed by atoms with Gasteiger partial charge in [0.05, 0.1) is 6.04 Å². The molecule has 1 aromatic heterocycles. The number of carbonyl (C=O) groups excluding carboxylic acids is 1. The fraction of sp³-hybridized carbons (Fsp3) is 0.688. The molecule has 116 valence electrons. The second kappa shape index (κ2) is 6.31. The first kappa shape index (κ1) is 15.4. The maximum Gasteiger partial charge on any atom is 0.241 e. The minimum atomic E-state index is -0.0357. The predicted molar refractivity (Wildman–Crippen MR) is 90.7 cm³/mol. The Labute approximate surface area is 135 Å². The number of amides is 1. The highest BCUT2D eigenvalue weighted by atomic mass is 32.2. The summed E-state index contributed by atoms with van der Waals surface area (Å²) >= 11 is 3.82. The molecule has 1 amide bonds. The van der Waals surface area contributed by atoms with Gasteiger partial charge in [-0.1, -0.05) is 13.8 Å². The number of thioether (sulfide) groups is 1. The van der Waals surface area contributed by atoms with E-state index in [0.29, 0.717) is 11.8 Å². The lowest BCUT2D eigenvalue weighted by atomic mass is 10.0. The van der Waals surface area contributed by atoms with Crippen molar-refractivity contribution in [2.75, 3.05) is 18.1 Å². The molecule has 3 rings (SSSR count). The van der Waals surface area contributed by atoms with E-state index in [9.17, 15) is 4.79 Å². The van der Waals surface area contributed by atoms with Crippen LogP contribution >= 0.6 is 23.1 Å². The zero-order chi connectivity index (χ0) is 15.0. The highest BCUT2D eigenvalue weighted by molar-refractivity contribution is 7.99. The fourth-order valence-electron chi connectivity index (χ4n) is 3.15. The van der Waals surface area contributed by atoms with Gasteiger partial charge >= 0.3 is 0 Å². The van der Waals surface area contributed by atoms with Crippen LogP contribution in [-0.4, -0.2) is 34.9 Å². The molecular formula is C16H24N2OS2. The number of aryl methyl sites for hydroxylation is 1. The third-order valence-electron chi connectivity index (χ3n) is 4.37. The molecule has 3 atom stereocenters. The Morgan fingerprint density at radius 3 is 2.81 bits per heavy atom. The second-order valence-electron chi connectivity index (χ2n) is 6.46. The van der Waals surface area contributed by atoms with Crippen LogP contribution in [0.25, 0.3) is 0 Å². The monoisotopic (exact) mass is 324 g/mol. The Hall–Kier alpha value is -0.520. The van der Waals surface area contributed by atoms with Crippen molar-refractivity contribution in [3.8, 4) is 0 Å². The summed E-state index contributed by atoms with van der Waals surface area (Å²) in [5.74, 6) is 3.74.